The van der Waals surface area contributed by atoms with Gasteiger partial charge in [0, 0.05) is 32.9 Å². The van der Waals surface area contributed by atoms with E-state index >= 15 is 0 Å². The summed E-state index contributed by atoms with van der Waals surface area (Å²) >= 11 is 0. The molecule has 0 bridgehead atoms. The molecule has 1 aliphatic rings. The fourth-order valence-electron chi connectivity index (χ4n) is 2.92. The molecule has 0 spiro atoms. The standard InChI is InChI=1S/C19H23N3O3/c1-14-8-9-21(2)19(24)17(14)20-18(23)16-13-22(10-11-25-16)12-15-6-4-3-5-7-15/h3-9,16H,10-13H2,1-2H3,(H,20,23)/t16-/m1/s1. The van der Waals surface area contributed by atoms with E-state index in [1.54, 1.807) is 26.2 Å². The lowest BCUT2D eigenvalue weighted by Gasteiger charge is -2.32. The Kier molecular flexibility index (Phi) is 5.31. The zero-order valence-electron chi connectivity index (χ0n) is 14.6. The summed E-state index contributed by atoms with van der Waals surface area (Å²) in [7, 11) is 1.66. The molecule has 132 valence electrons. The van der Waals surface area contributed by atoms with Gasteiger partial charge in [-0.15, -0.1) is 0 Å². The van der Waals surface area contributed by atoms with E-state index in [1.807, 2.05) is 18.2 Å². The van der Waals surface area contributed by atoms with Crippen LogP contribution >= 0.6 is 0 Å². The molecule has 1 aliphatic heterocycles. The third-order valence-electron chi connectivity index (χ3n) is 4.42. The van der Waals surface area contributed by atoms with Gasteiger partial charge in [0.25, 0.3) is 11.5 Å². The minimum Gasteiger partial charge on any atom is -0.366 e. The lowest BCUT2D eigenvalue weighted by atomic mass is 10.1. The highest BCUT2D eigenvalue weighted by molar-refractivity contribution is 5.94. The van der Waals surface area contributed by atoms with Crippen LogP contribution in [0.15, 0.2) is 47.4 Å². The molecular formula is C19H23N3O3. The molecule has 6 heteroatoms. The van der Waals surface area contributed by atoms with E-state index in [2.05, 4.69) is 22.3 Å². The first-order valence-electron chi connectivity index (χ1n) is 8.39. The normalized spacial score (nSPS) is 18.1. The summed E-state index contributed by atoms with van der Waals surface area (Å²) < 4.78 is 7.08. The van der Waals surface area contributed by atoms with E-state index in [0.29, 0.717) is 18.8 Å². The van der Waals surface area contributed by atoms with Gasteiger partial charge in [0.05, 0.1) is 6.61 Å². The maximum atomic E-state index is 12.6. The fourth-order valence-corrected chi connectivity index (χ4v) is 2.92. The number of morpholine rings is 1. The van der Waals surface area contributed by atoms with Crippen molar-refractivity contribution in [3.8, 4) is 0 Å². The third kappa shape index (κ3) is 4.15. The molecule has 1 fully saturated rings. The van der Waals surface area contributed by atoms with Crippen molar-refractivity contribution in [1.29, 1.82) is 0 Å². The SMILES string of the molecule is Cc1ccn(C)c(=O)c1NC(=O)[C@H]1CN(Cc2ccccc2)CCO1. The Morgan fingerprint density at radius 1 is 1.28 bits per heavy atom. The van der Waals surface area contributed by atoms with Gasteiger partial charge in [-0.3, -0.25) is 14.5 Å². The number of carbonyl (C=O) groups excluding carboxylic acids is 1. The predicted molar refractivity (Wildman–Crippen MR) is 96.5 cm³/mol. The maximum Gasteiger partial charge on any atom is 0.274 e. The van der Waals surface area contributed by atoms with Gasteiger partial charge in [-0.05, 0) is 24.1 Å². The Morgan fingerprint density at radius 2 is 2.04 bits per heavy atom. The molecule has 0 unspecified atom stereocenters. The highest BCUT2D eigenvalue weighted by atomic mass is 16.5. The number of hydrogen-bond acceptors (Lipinski definition) is 4. The van der Waals surface area contributed by atoms with Gasteiger partial charge in [0.2, 0.25) is 0 Å². The first-order valence-corrected chi connectivity index (χ1v) is 8.39. The summed E-state index contributed by atoms with van der Waals surface area (Å²) in [5.41, 5.74) is 2.05. The Balaban J connectivity index is 1.66. The topological polar surface area (TPSA) is 63.6 Å². The monoisotopic (exact) mass is 341 g/mol. The quantitative estimate of drug-likeness (QED) is 0.916. The van der Waals surface area contributed by atoms with E-state index in [-0.39, 0.29) is 11.5 Å². The Labute approximate surface area is 147 Å². The number of anilines is 1. The number of ether oxygens (including phenoxy) is 1. The minimum absolute atomic E-state index is 0.217. The summed E-state index contributed by atoms with van der Waals surface area (Å²) in [6.07, 6.45) is 1.10. The van der Waals surface area contributed by atoms with Crippen LogP contribution in [0, 0.1) is 6.92 Å². The fraction of sp³-hybridized carbons (Fsp3) is 0.368. The average Bonchev–Trinajstić information content (AvgIpc) is 2.63. The number of nitrogens with zero attached hydrogens (tertiary/aromatic N) is 2. The summed E-state index contributed by atoms with van der Waals surface area (Å²) in [6.45, 7) is 4.37. The number of aromatic nitrogens is 1. The smallest absolute Gasteiger partial charge is 0.274 e. The number of pyridine rings is 1. The number of hydrogen-bond donors (Lipinski definition) is 1. The average molecular weight is 341 g/mol. The van der Waals surface area contributed by atoms with Gasteiger partial charge in [-0.25, -0.2) is 0 Å². The lowest BCUT2D eigenvalue weighted by molar-refractivity contribution is -0.133. The zero-order chi connectivity index (χ0) is 17.8. The van der Waals surface area contributed by atoms with Gasteiger partial charge in [-0.2, -0.15) is 0 Å². The molecule has 2 heterocycles. The lowest BCUT2D eigenvalue weighted by Crippen LogP contribution is -2.48. The second-order valence-electron chi connectivity index (χ2n) is 6.36. The molecule has 1 aromatic heterocycles. The van der Waals surface area contributed by atoms with Crippen LogP contribution in [0.5, 0.6) is 0 Å². The highest BCUT2D eigenvalue weighted by Crippen LogP contribution is 2.13. The molecule has 1 amide bonds. The van der Waals surface area contributed by atoms with Gasteiger partial charge in [0.1, 0.15) is 11.8 Å². The van der Waals surface area contributed by atoms with Crippen LogP contribution in [0.4, 0.5) is 5.69 Å². The number of nitrogens with one attached hydrogen (secondary N) is 1. The molecule has 0 aliphatic carbocycles. The third-order valence-corrected chi connectivity index (χ3v) is 4.42. The summed E-state index contributed by atoms with van der Waals surface area (Å²) in [4.78, 5) is 27.0. The predicted octanol–water partition coefficient (Wildman–Crippen LogP) is 1.53. The second kappa shape index (κ2) is 7.63. The summed E-state index contributed by atoms with van der Waals surface area (Å²) in [6, 6.07) is 12.0. The van der Waals surface area contributed by atoms with Gasteiger partial charge in [-0.1, -0.05) is 30.3 Å². The largest absolute Gasteiger partial charge is 0.366 e. The van der Waals surface area contributed by atoms with Gasteiger partial charge < -0.3 is 14.6 Å². The number of carbonyl (C=O) groups is 1. The number of aryl methyl sites for hydroxylation is 2. The summed E-state index contributed by atoms with van der Waals surface area (Å²) in [5, 5.41) is 2.75. The van der Waals surface area contributed by atoms with E-state index in [0.717, 1.165) is 18.7 Å². The minimum atomic E-state index is -0.582. The summed E-state index contributed by atoms with van der Waals surface area (Å²) in [5.74, 6) is -0.274. The molecular weight excluding hydrogens is 318 g/mol. The molecule has 1 aromatic carbocycles. The van der Waals surface area contributed by atoms with E-state index in [1.165, 1.54) is 10.1 Å². The Bertz CT molecular complexity index is 801. The van der Waals surface area contributed by atoms with Crippen LogP contribution in [-0.4, -0.2) is 41.2 Å². The van der Waals surface area contributed by atoms with Crippen LogP contribution in [0.2, 0.25) is 0 Å². The van der Waals surface area contributed by atoms with Crippen LogP contribution in [0.1, 0.15) is 11.1 Å². The number of amides is 1. The molecule has 1 atom stereocenters. The van der Waals surface area contributed by atoms with Crippen molar-refractivity contribution in [2.75, 3.05) is 25.0 Å². The van der Waals surface area contributed by atoms with Crippen molar-refractivity contribution < 1.29 is 9.53 Å². The van der Waals surface area contributed by atoms with Crippen LogP contribution in [-0.2, 0) is 23.1 Å². The second-order valence-corrected chi connectivity index (χ2v) is 6.36. The highest BCUT2D eigenvalue weighted by Gasteiger charge is 2.27. The molecule has 0 radical (unpaired) electrons. The van der Waals surface area contributed by atoms with Crippen molar-refractivity contribution in [3.63, 3.8) is 0 Å². The van der Waals surface area contributed by atoms with E-state index in [9.17, 15) is 9.59 Å². The van der Waals surface area contributed by atoms with Crippen molar-refractivity contribution in [3.05, 3.63) is 64.1 Å². The van der Waals surface area contributed by atoms with Crippen molar-refractivity contribution in [2.24, 2.45) is 7.05 Å². The van der Waals surface area contributed by atoms with Crippen molar-refractivity contribution >= 4 is 11.6 Å². The molecule has 6 nitrogen and oxygen atoms in total. The molecule has 3 rings (SSSR count). The molecule has 2 aromatic rings. The maximum absolute atomic E-state index is 12.6. The van der Waals surface area contributed by atoms with Crippen LogP contribution in [0.3, 0.4) is 0 Å². The first kappa shape index (κ1) is 17.4. The Morgan fingerprint density at radius 3 is 2.80 bits per heavy atom. The van der Waals surface area contributed by atoms with E-state index in [4.69, 9.17) is 4.74 Å². The molecule has 1 saturated heterocycles. The molecule has 25 heavy (non-hydrogen) atoms. The van der Waals surface area contributed by atoms with Crippen molar-refractivity contribution in [1.82, 2.24) is 9.47 Å². The first-order chi connectivity index (χ1) is 12.0. The number of benzene rings is 1. The molecule has 0 saturated carbocycles. The zero-order valence-corrected chi connectivity index (χ0v) is 14.6. The van der Waals surface area contributed by atoms with Crippen LogP contribution in [0.25, 0.3) is 0 Å². The number of rotatable bonds is 4. The van der Waals surface area contributed by atoms with Crippen molar-refractivity contribution in [2.45, 2.75) is 19.6 Å². The molecule has 1 N–H and O–H groups in total. The van der Waals surface area contributed by atoms with E-state index < -0.39 is 6.10 Å². The van der Waals surface area contributed by atoms with Gasteiger partial charge in [0.15, 0.2) is 0 Å². The van der Waals surface area contributed by atoms with Gasteiger partial charge >= 0.3 is 0 Å². The Hall–Kier alpha value is -2.44. The van der Waals surface area contributed by atoms with Crippen LogP contribution < -0.4 is 10.9 Å².